The topological polar surface area (TPSA) is 102 Å². The maximum absolute atomic E-state index is 11.9. The van der Waals surface area contributed by atoms with E-state index < -0.39 is 23.2 Å². The van der Waals surface area contributed by atoms with Gasteiger partial charge in [0.15, 0.2) is 5.76 Å². The standard InChI is InChI=1S/C13H18N2O5/c1-12(2,3)19-11(18)15-13(5-4-6-13)9-8(10(16)17)7-14-20-9/h7H,4-6H2,1-3H3,(H,15,18)(H,16,17). The highest BCUT2D eigenvalue weighted by atomic mass is 16.6. The number of hydrogen-bond acceptors (Lipinski definition) is 5. The molecule has 0 saturated heterocycles. The number of carbonyl (C=O) groups excluding carboxylic acids is 1. The number of nitrogens with zero attached hydrogens (tertiary/aromatic N) is 1. The number of carboxylic acid groups (broad SMARTS) is 1. The minimum atomic E-state index is -1.13. The molecule has 0 aliphatic heterocycles. The lowest BCUT2D eigenvalue weighted by Gasteiger charge is -2.40. The van der Waals surface area contributed by atoms with Crippen molar-refractivity contribution in [3.05, 3.63) is 17.5 Å². The molecule has 7 nitrogen and oxygen atoms in total. The number of aromatic carboxylic acids is 1. The highest BCUT2D eigenvalue weighted by Gasteiger charge is 2.47. The first-order valence-corrected chi connectivity index (χ1v) is 6.43. The van der Waals surface area contributed by atoms with Gasteiger partial charge in [0.05, 0.1) is 6.20 Å². The van der Waals surface area contributed by atoms with Crippen molar-refractivity contribution in [2.24, 2.45) is 0 Å². The molecule has 1 aromatic rings. The number of alkyl carbamates (subject to hydrolysis) is 1. The Morgan fingerprint density at radius 3 is 2.55 bits per heavy atom. The van der Waals surface area contributed by atoms with Crippen LogP contribution in [0.5, 0.6) is 0 Å². The summed E-state index contributed by atoms with van der Waals surface area (Å²) in [5, 5.41) is 15.4. The fraction of sp³-hybridized carbons (Fsp3) is 0.615. The van der Waals surface area contributed by atoms with Gasteiger partial charge in [0.2, 0.25) is 0 Å². The Morgan fingerprint density at radius 1 is 1.45 bits per heavy atom. The highest BCUT2D eigenvalue weighted by molar-refractivity contribution is 5.89. The summed E-state index contributed by atoms with van der Waals surface area (Å²) in [5.74, 6) is -0.944. The van der Waals surface area contributed by atoms with Crippen LogP contribution in [0.15, 0.2) is 10.7 Å². The fourth-order valence-corrected chi connectivity index (χ4v) is 2.18. The van der Waals surface area contributed by atoms with E-state index in [4.69, 9.17) is 14.4 Å². The number of rotatable bonds is 3. The Hall–Kier alpha value is -2.05. The third-order valence-electron chi connectivity index (χ3n) is 3.18. The Kier molecular flexibility index (Phi) is 3.45. The molecule has 0 radical (unpaired) electrons. The van der Waals surface area contributed by atoms with Crippen LogP contribution in [0.25, 0.3) is 0 Å². The van der Waals surface area contributed by atoms with E-state index in [1.54, 1.807) is 20.8 Å². The van der Waals surface area contributed by atoms with E-state index in [9.17, 15) is 9.59 Å². The summed E-state index contributed by atoms with van der Waals surface area (Å²) in [4.78, 5) is 23.0. The molecule has 2 rings (SSSR count). The zero-order valence-electron chi connectivity index (χ0n) is 11.7. The third kappa shape index (κ3) is 2.76. The van der Waals surface area contributed by atoms with Crippen molar-refractivity contribution >= 4 is 12.1 Å². The van der Waals surface area contributed by atoms with E-state index in [-0.39, 0.29) is 11.3 Å². The van der Waals surface area contributed by atoms with Gasteiger partial charge in [-0.2, -0.15) is 0 Å². The van der Waals surface area contributed by atoms with Gasteiger partial charge < -0.3 is 19.7 Å². The SMILES string of the molecule is CC(C)(C)OC(=O)NC1(c2oncc2C(=O)O)CCC1. The van der Waals surface area contributed by atoms with Gasteiger partial charge in [-0.15, -0.1) is 0 Å². The molecule has 1 aliphatic rings. The molecule has 20 heavy (non-hydrogen) atoms. The second-order valence-electron chi connectivity index (χ2n) is 5.94. The Bertz CT molecular complexity index is 525. The Morgan fingerprint density at radius 2 is 2.10 bits per heavy atom. The van der Waals surface area contributed by atoms with Gasteiger partial charge >= 0.3 is 12.1 Å². The van der Waals surface area contributed by atoms with Gasteiger partial charge in [0.25, 0.3) is 0 Å². The second-order valence-corrected chi connectivity index (χ2v) is 5.94. The molecule has 7 heteroatoms. The average molecular weight is 282 g/mol. The normalized spacial score (nSPS) is 17.1. The van der Waals surface area contributed by atoms with E-state index in [1.807, 2.05) is 0 Å². The monoisotopic (exact) mass is 282 g/mol. The number of carboxylic acids is 1. The molecule has 1 heterocycles. The number of hydrogen-bond donors (Lipinski definition) is 2. The van der Waals surface area contributed by atoms with E-state index >= 15 is 0 Å². The summed E-state index contributed by atoms with van der Waals surface area (Å²) >= 11 is 0. The summed E-state index contributed by atoms with van der Waals surface area (Å²) in [7, 11) is 0. The molecule has 2 N–H and O–H groups in total. The number of ether oxygens (including phenoxy) is 1. The van der Waals surface area contributed by atoms with Crippen LogP contribution in [0, 0.1) is 0 Å². The first-order valence-electron chi connectivity index (χ1n) is 6.43. The number of aromatic nitrogens is 1. The molecule has 1 aliphatic carbocycles. The molecule has 0 spiro atoms. The zero-order valence-corrected chi connectivity index (χ0v) is 11.7. The first kappa shape index (κ1) is 14.4. The molecular formula is C13H18N2O5. The van der Waals surface area contributed by atoms with Gasteiger partial charge in [-0.3, -0.25) is 0 Å². The van der Waals surface area contributed by atoms with Crippen LogP contribution >= 0.6 is 0 Å². The Labute approximate surface area is 116 Å². The molecule has 1 amide bonds. The molecule has 0 bridgehead atoms. The van der Waals surface area contributed by atoms with Gasteiger partial charge in [-0.25, -0.2) is 9.59 Å². The largest absolute Gasteiger partial charge is 0.478 e. The fourth-order valence-electron chi connectivity index (χ4n) is 2.18. The molecule has 0 aromatic carbocycles. The van der Waals surface area contributed by atoms with Gasteiger partial charge in [0.1, 0.15) is 16.7 Å². The molecule has 1 aromatic heterocycles. The van der Waals surface area contributed by atoms with E-state index in [0.717, 1.165) is 12.6 Å². The number of carbonyl (C=O) groups is 2. The van der Waals surface area contributed by atoms with Crippen molar-refractivity contribution < 1.29 is 24.0 Å². The molecule has 0 unspecified atom stereocenters. The number of nitrogens with one attached hydrogen (secondary N) is 1. The zero-order chi connectivity index (χ0) is 15.0. The average Bonchev–Trinajstić information content (AvgIpc) is 2.69. The number of amides is 1. The minimum Gasteiger partial charge on any atom is -0.478 e. The Balaban J connectivity index is 2.20. The quantitative estimate of drug-likeness (QED) is 0.881. The lowest BCUT2D eigenvalue weighted by atomic mass is 9.74. The summed E-state index contributed by atoms with van der Waals surface area (Å²) in [6.45, 7) is 5.28. The molecular weight excluding hydrogens is 264 g/mol. The van der Waals surface area contributed by atoms with E-state index in [1.165, 1.54) is 0 Å². The summed E-state index contributed by atoms with van der Waals surface area (Å²) in [5.41, 5.74) is -1.47. The van der Waals surface area contributed by atoms with Crippen LogP contribution in [-0.4, -0.2) is 27.9 Å². The summed E-state index contributed by atoms with van der Waals surface area (Å²) < 4.78 is 10.3. The smallest absolute Gasteiger partial charge is 0.408 e. The van der Waals surface area contributed by atoms with Crippen LogP contribution in [-0.2, 0) is 10.3 Å². The molecule has 0 atom stereocenters. The minimum absolute atomic E-state index is 0.0271. The van der Waals surface area contributed by atoms with Crippen LogP contribution in [0.3, 0.4) is 0 Å². The van der Waals surface area contributed by atoms with Crippen molar-refractivity contribution in [3.8, 4) is 0 Å². The second kappa shape index (κ2) is 4.81. The molecule has 110 valence electrons. The predicted molar refractivity (Wildman–Crippen MR) is 68.4 cm³/mol. The maximum Gasteiger partial charge on any atom is 0.408 e. The van der Waals surface area contributed by atoms with Gasteiger partial charge in [-0.1, -0.05) is 5.16 Å². The summed E-state index contributed by atoms with van der Waals surface area (Å²) in [6.07, 6.45) is 2.62. The van der Waals surface area contributed by atoms with Crippen molar-refractivity contribution in [1.29, 1.82) is 0 Å². The van der Waals surface area contributed by atoms with Crippen LogP contribution in [0.2, 0.25) is 0 Å². The van der Waals surface area contributed by atoms with Crippen LogP contribution < -0.4 is 5.32 Å². The molecule has 1 fully saturated rings. The first-order chi connectivity index (χ1) is 9.23. The predicted octanol–water partition coefficient (Wildman–Crippen LogP) is 2.28. The lowest BCUT2D eigenvalue weighted by Crippen LogP contribution is -2.52. The van der Waals surface area contributed by atoms with Crippen LogP contribution in [0.4, 0.5) is 4.79 Å². The van der Waals surface area contributed by atoms with E-state index in [0.29, 0.717) is 12.8 Å². The van der Waals surface area contributed by atoms with Crippen molar-refractivity contribution in [1.82, 2.24) is 10.5 Å². The summed E-state index contributed by atoms with van der Waals surface area (Å²) in [6, 6.07) is 0. The van der Waals surface area contributed by atoms with Crippen molar-refractivity contribution in [2.75, 3.05) is 0 Å². The van der Waals surface area contributed by atoms with Gasteiger partial charge in [0, 0.05) is 0 Å². The van der Waals surface area contributed by atoms with Crippen LogP contribution in [0.1, 0.15) is 56.2 Å². The highest BCUT2D eigenvalue weighted by Crippen LogP contribution is 2.42. The van der Waals surface area contributed by atoms with Gasteiger partial charge in [-0.05, 0) is 40.0 Å². The third-order valence-corrected chi connectivity index (χ3v) is 3.18. The molecule has 1 saturated carbocycles. The van der Waals surface area contributed by atoms with Crippen molar-refractivity contribution in [2.45, 2.75) is 51.2 Å². The van der Waals surface area contributed by atoms with E-state index in [2.05, 4.69) is 10.5 Å². The lowest BCUT2D eigenvalue weighted by molar-refractivity contribution is 0.0325. The van der Waals surface area contributed by atoms with Crippen molar-refractivity contribution in [3.63, 3.8) is 0 Å². The maximum atomic E-state index is 11.9.